The summed E-state index contributed by atoms with van der Waals surface area (Å²) in [6, 6.07) is 0.198. The topological polar surface area (TPSA) is 50.7 Å². The summed E-state index contributed by atoms with van der Waals surface area (Å²) < 4.78 is 11.3. The van der Waals surface area contributed by atoms with Gasteiger partial charge in [0.1, 0.15) is 0 Å². The van der Waals surface area contributed by atoms with Gasteiger partial charge in [0.2, 0.25) is 0 Å². The Labute approximate surface area is 85.6 Å². The molecule has 0 aromatic carbocycles. The van der Waals surface area contributed by atoms with Gasteiger partial charge in [0, 0.05) is 25.7 Å². The minimum absolute atomic E-state index is 0.189. The highest BCUT2D eigenvalue weighted by Crippen LogP contribution is 2.24. The van der Waals surface area contributed by atoms with Crippen molar-refractivity contribution in [2.24, 2.45) is 0 Å². The first-order valence-corrected chi connectivity index (χ1v) is 5.38. The monoisotopic (exact) mass is 203 g/mol. The molecule has 1 saturated heterocycles. The molecule has 2 N–H and O–H groups in total. The predicted octanol–water partition coefficient (Wildman–Crippen LogP) is 0.500. The van der Waals surface area contributed by atoms with Gasteiger partial charge in [0.15, 0.2) is 5.79 Å². The fourth-order valence-electron chi connectivity index (χ4n) is 1.85. The molecule has 1 atom stereocenters. The Bertz CT molecular complexity index is 147. The highest BCUT2D eigenvalue weighted by atomic mass is 16.7. The van der Waals surface area contributed by atoms with E-state index in [-0.39, 0.29) is 12.6 Å². The minimum Gasteiger partial charge on any atom is -0.395 e. The number of rotatable bonds is 5. The van der Waals surface area contributed by atoms with E-state index in [1.165, 1.54) is 0 Å². The molecule has 14 heavy (non-hydrogen) atoms. The molecule has 0 radical (unpaired) electrons. The molecule has 1 fully saturated rings. The third-order valence-corrected chi connectivity index (χ3v) is 2.57. The second kappa shape index (κ2) is 5.66. The Balaban J connectivity index is 2.45. The lowest BCUT2D eigenvalue weighted by Gasteiger charge is -2.39. The van der Waals surface area contributed by atoms with E-state index in [9.17, 15) is 0 Å². The fraction of sp³-hybridized carbons (Fsp3) is 1.00. The third kappa shape index (κ3) is 2.92. The quantitative estimate of drug-likeness (QED) is 0.639. The second-order valence-electron chi connectivity index (χ2n) is 3.58. The zero-order valence-electron chi connectivity index (χ0n) is 9.08. The smallest absolute Gasteiger partial charge is 0.180 e. The molecule has 4 heteroatoms. The lowest BCUT2D eigenvalue weighted by atomic mass is 10.00. The Kier molecular flexibility index (Phi) is 4.81. The maximum atomic E-state index is 8.98. The summed E-state index contributed by atoms with van der Waals surface area (Å²) in [5, 5.41) is 12.2. The van der Waals surface area contributed by atoms with Crippen LogP contribution < -0.4 is 5.32 Å². The van der Waals surface area contributed by atoms with Crippen molar-refractivity contribution < 1.29 is 14.6 Å². The van der Waals surface area contributed by atoms with Gasteiger partial charge in [-0.3, -0.25) is 0 Å². The molecule has 1 aliphatic heterocycles. The first kappa shape index (κ1) is 11.9. The van der Waals surface area contributed by atoms with Gasteiger partial charge in [-0.25, -0.2) is 0 Å². The molecule has 1 rings (SSSR count). The summed E-state index contributed by atoms with van der Waals surface area (Å²) in [6.45, 7) is 6.11. The van der Waals surface area contributed by atoms with Gasteiger partial charge in [-0.15, -0.1) is 0 Å². The molecular weight excluding hydrogens is 182 g/mol. The highest BCUT2D eigenvalue weighted by Gasteiger charge is 2.36. The Morgan fingerprint density at radius 3 is 2.36 bits per heavy atom. The van der Waals surface area contributed by atoms with Crippen LogP contribution in [0, 0.1) is 0 Å². The van der Waals surface area contributed by atoms with Gasteiger partial charge in [0.25, 0.3) is 0 Å². The molecular formula is C10H21NO3. The molecule has 84 valence electrons. The molecule has 0 bridgehead atoms. The van der Waals surface area contributed by atoms with E-state index in [2.05, 4.69) is 5.32 Å². The summed E-state index contributed by atoms with van der Waals surface area (Å²) in [7, 11) is 0. The van der Waals surface area contributed by atoms with Crippen molar-refractivity contribution in [1.29, 1.82) is 0 Å². The van der Waals surface area contributed by atoms with Gasteiger partial charge in [-0.05, 0) is 20.3 Å². The van der Waals surface area contributed by atoms with Crippen LogP contribution in [-0.2, 0) is 9.47 Å². The summed E-state index contributed by atoms with van der Waals surface area (Å²) in [5.41, 5.74) is 0. The van der Waals surface area contributed by atoms with Crippen molar-refractivity contribution in [2.75, 3.05) is 26.4 Å². The molecule has 4 nitrogen and oxygen atoms in total. The molecule has 1 heterocycles. The fourth-order valence-corrected chi connectivity index (χ4v) is 1.85. The molecule has 0 saturated carbocycles. The first-order valence-electron chi connectivity index (χ1n) is 5.38. The Hall–Kier alpha value is -0.160. The molecule has 0 amide bonds. The van der Waals surface area contributed by atoms with Gasteiger partial charge < -0.3 is 19.9 Å². The van der Waals surface area contributed by atoms with Crippen LogP contribution in [0.4, 0.5) is 0 Å². The maximum absolute atomic E-state index is 8.98. The van der Waals surface area contributed by atoms with E-state index in [0.29, 0.717) is 19.8 Å². The van der Waals surface area contributed by atoms with Crippen molar-refractivity contribution in [1.82, 2.24) is 5.32 Å². The van der Waals surface area contributed by atoms with Crippen LogP contribution in [0.3, 0.4) is 0 Å². The Morgan fingerprint density at radius 1 is 1.36 bits per heavy atom. The largest absolute Gasteiger partial charge is 0.395 e. The van der Waals surface area contributed by atoms with Crippen LogP contribution >= 0.6 is 0 Å². The standard InChI is InChI=1S/C10H21NO3/c1-3-13-10(14-4-2)6-5-9(7-12)11-8-10/h9,11-12H,3-8H2,1-2H3. The van der Waals surface area contributed by atoms with E-state index < -0.39 is 5.79 Å². The Morgan fingerprint density at radius 2 is 2.00 bits per heavy atom. The minimum atomic E-state index is -0.463. The number of hydrogen-bond donors (Lipinski definition) is 2. The highest BCUT2D eigenvalue weighted by molar-refractivity contribution is 4.84. The average molecular weight is 203 g/mol. The van der Waals surface area contributed by atoms with Crippen LogP contribution in [0.1, 0.15) is 26.7 Å². The van der Waals surface area contributed by atoms with Crippen LogP contribution in [0.15, 0.2) is 0 Å². The third-order valence-electron chi connectivity index (χ3n) is 2.57. The van der Waals surface area contributed by atoms with Gasteiger partial charge >= 0.3 is 0 Å². The van der Waals surface area contributed by atoms with Crippen LogP contribution in [0.25, 0.3) is 0 Å². The van der Waals surface area contributed by atoms with Crippen LogP contribution in [0.5, 0.6) is 0 Å². The van der Waals surface area contributed by atoms with Gasteiger partial charge in [-0.2, -0.15) is 0 Å². The molecule has 1 aliphatic rings. The second-order valence-corrected chi connectivity index (χ2v) is 3.58. The summed E-state index contributed by atoms with van der Waals surface area (Å²) in [6.07, 6.45) is 1.75. The van der Waals surface area contributed by atoms with Crippen molar-refractivity contribution in [3.05, 3.63) is 0 Å². The lowest BCUT2D eigenvalue weighted by Crippen LogP contribution is -2.54. The molecule has 0 aromatic heterocycles. The lowest BCUT2D eigenvalue weighted by molar-refractivity contribution is -0.243. The van der Waals surface area contributed by atoms with E-state index in [0.717, 1.165) is 12.8 Å². The zero-order chi connectivity index (χ0) is 10.4. The summed E-state index contributed by atoms with van der Waals surface area (Å²) >= 11 is 0. The number of piperidine rings is 1. The van der Waals surface area contributed by atoms with Crippen molar-refractivity contribution in [3.8, 4) is 0 Å². The number of ether oxygens (including phenoxy) is 2. The molecule has 0 spiro atoms. The van der Waals surface area contributed by atoms with E-state index >= 15 is 0 Å². The predicted molar refractivity (Wildman–Crippen MR) is 54.1 cm³/mol. The number of aliphatic hydroxyl groups is 1. The van der Waals surface area contributed by atoms with Gasteiger partial charge in [-0.1, -0.05) is 0 Å². The van der Waals surface area contributed by atoms with Crippen molar-refractivity contribution >= 4 is 0 Å². The normalized spacial score (nSPS) is 26.4. The average Bonchev–Trinajstić information content (AvgIpc) is 2.20. The first-order chi connectivity index (χ1) is 6.76. The van der Waals surface area contributed by atoms with Gasteiger partial charge in [0.05, 0.1) is 13.2 Å². The molecule has 0 aromatic rings. The maximum Gasteiger partial charge on any atom is 0.180 e. The van der Waals surface area contributed by atoms with Crippen molar-refractivity contribution in [2.45, 2.75) is 38.5 Å². The van der Waals surface area contributed by atoms with E-state index in [1.807, 2.05) is 13.8 Å². The molecule has 1 unspecified atom stereocenters. The summed E-state index contributed by atoms with van der Waals surface area (Å²) in [4.78, 5) is 0. The number of nitrogens with one attached hydrogen (secondary N) is 1. The van der Waals surface area contributed by atoms with Crippen LogP contribution in [-0.4, -0.2) is 43.3 Å². The molecule has 0 aliphatic carbocycles. The number of aliphatic hydroxyl groups excluding tert-OH is 1. The SMILES string of the molecule is CCOC1(OCC)CCC(CO)NC1. The van der Waals surface area contributed by atoms with Crippen LogP contribution in [0.2, 0.25) is 0 Å². The van der Waals surface area contributed by atoms with Crippen molar-refractivity contribution in [3.63, 3.8) is 0 Å². The van der Waals surface area contributed by atoms with E-state index in [1.54, 1.807) is 0 Å². The summed E-state index contributed by atoms with van der Waals surface area (Å²) in [5.74, 6) is -0.463. The zero-order valence-corrected chi connectivity index (χ0v) is 9.08. The van der Waals surface area contributed by atoms with E-state index in [4.69, 9.17) is 14.6 Å². The number of hydrogen-bond acceptors (Lipinski definition) is 4.